The lowest BCUT2D eigenvalue weighted by molar-refractivity contribution is -0.384. The summed E-state index contributed by atoms with van der Waals surface area (Å²) in [6.07, 6.45) is 0. The average Bonchev–Trinajstić information content (AvgIpc) is 3.09. The van der Waals surface area contributed by atoms with Crippen molar-refractivity contribution in [3.63, 3.8) is 0 Å². The Kier molecular flexibility index (Phi) is 4.46. The number of aromatic nitrogens is 2. The molecule has 1 heterocycles. The summed E-state index contributed by atoms with van der Waals surface area (Å²) >= 11 is 0. The molecular weight excluding hydrogens is 333 g/mol. The molecule has 9 heteroatoms. The van der Waals surface area contributed by atoms with Crippen LogP contribution in [-0.4, -0.2) is 21.1 Å². The molecule has 126 valence electrons. The van der Waals surface area contributed by atoms with Gasteiger partial charge < -0.3 is 9.15 Å². The van der Waals surface area contributed by atoms with E-state index in [1.807, 2.05) is 0 Å². The third-order valence-corrected chi connectivity index (χ3v) is 3.20. The fourth-order valence-electron chi connectivity index (χ4n) is 1.95. The maximum absolute atomic E-state index is 12.8. The van der Waals surface area contributed by atoms with E-state index >= 15 is 0 Å². The largest absolute Gasteiger partial charge is 0.452 e. The van der Waals surface area contributed by atoms with Crippen molar-refractivity contribution in [1.29, 1.82) is 0 Å². The molecule has 0 bridgehead atoms. The fourth-order valence-corrected chi connectivity index (χ4v) is 1.95. The molecule has 0 saturated heterocycles. The number of hydrogen-bond donors (Lipinski definition) is 0. The molecule has 0 aliphatic rings. The average molecular weight is 343 g/mol. The minimum atomic E-state index is -0.657. The van der Waals surface area contributed by atoms with Crippen molar-refractivity contribution in [2.24, 2.45) is 0 Å². The van der Waals surface area contributed by atoms with Crippen LogP contribution in [0.25, 0.3) is 11.5 Å². The van der Waals surface area contributed by atoms with Crippen LogP contribution in [0.4, 0.5) is 10.1 Å². The van der Waals surface area contributed by atoms with Crippen molar-refractivity contribution in [3.05, 3.63) is 75.9 Å². The van der Waals surface area contributed by atoms with Crippen LogP contribution in [0.15, 0.2) is 52.9 Å². The summed E-state index contributed by atoms with van der Waals surface area (Å²) in [5, 5.41) is 18.2. The molecule has 25 heavy (non-hydrogen) atoms. The van der Waals surface area contributed by atoms with Crippen molar-refractivity contribution in [2.75, 3.05) is 0 Å². The Morgan fingerprint density at radius 3 is 2.44 bits per heavy atom. The van der Waals surface area contributed by atoms with Gasteiger partial charge in [-0.3, -0.25) is 10.1 Å². The van der Waals surface area contributed by atoms with Crippen LogP contribution in [0, 0.1) is 15.9 Å². The number of carbonyl (C=O) groups is 1. The summed E-state index contributed by atoms with van der Waals surface area (Å²) in [6, 6.07) is 10.5. The van der Waals surface area contributed by atoms with Gasteiger partial charge in [-0.1, -0.05) is 0 Å². The normalized spacial score (nSPS) is 10.4. The van der Waals surface area contributed by atoms with Gasteiger partial charge in [-0.05, 0) is 36.4 Å². The van der Waals surface area contributed by atoms with Crippen LogP contribution in [0.1, 0.15) is 16.2 Å². The van der Waals surface area contributed by atoms with E-state index in [4.69, 9.17) is 9.15 Å². The van der Waals surface area contributed by atoms with Gasteiger partial charge in [0, 0.05) is 17.7 Å². The molecule has 0 N–H and O–H groups in total. The zero-order valence-electron chi connectivity index (χ0n) is 12.6. The number of esters is 1. The highest BCUT2D eigenvalue weighted by Gasteiger charge is 2.13. The Morgan fingerprint density at radius 2 is 1.80 bits per heavy atom. The van der Waals surface area contributed by atoms with E-state index in [0.29, 0.717) is 5.56 Å². The van der Waals surface area contributed by atoms with Crippen molar-refractivity contribution in [1.82, 2.24) is 10.2 Å². The summed E-state index contributed by atoms with van der Waals surface area (Å²) in [7, 11) is 0. The van der Waals surface area contributed by atoms with Gasteiger partial charge in [-0.2, -0.15) is 0 Å². The molecule has 0 unspecified atom stereocenters. The summed E-state index contributed by atoms with van der Waals surface area (Å²) < 4.78 is 23.2. The molecule has 0 amide bonds. The predicted octanol–water partition coefficient (Wildman–Crippen LogP) is 3.14. The number of benzene rings is 2. The highest BCUT2D eigenvalue weighted by atomic mass is 19.1. The minimum absolute atomic E-state index is 0.0586. The first-order valence-electron chi connectivity index (χ1n) is 7.03. The second-order valence-electron chi connectivity index (χ2n) is 4.89. The van der Waals surface area contributed by atoms with Gasteiger partial charge in [0.15, 0.2) is 6.61 Å². The van der Waals surface area contributed by atoms with Crippen LogP contribution in [-0.2, 0) is 11.3 Å². The van der Waals surface area contributed by atoms with Gasteiger partial charge in [0.25, 0.3) is 11.6 Å². The number of carbonyl (C=O) groups excluding carboxylic acids is 1. The summed E-state index contributed by atoms with van der Waals surface area (Å²) in [4.78, 5) is 21.9. The molecule has 3 aromatic rings. The topological polar surface area (TPSA) is 108 Å². The summed E-state index contributed by atoms with van der Waals surface area (Å²) in [5.74, 6) is -0.914. The standard InChI is InChI=1S/C16H10FN3O5/c17-12-5-1-11(2-6-12)16(21)24-9-14-18-19-15(25-14)10-3-7-13(8-4-10)20(22)23/h1-8H,9H2. The van der Waals surface area contributed by atoms with E-state index in [1.165, 1.54) is 36.4 Å². The Labute approximate surface area is 140 Å². The van der Waals surface area contributed by atoms with Crippen molar-refractivity contribution < 1.29 is 23.3 Å². The molecule has 2 aromatic carbocycles. The smallest absolute Gasteiger partial charge is 0.338 e. The van der Waals surface area contributed by atoms with Gasteiger partial charge >= 0.3 is 5.97 Å². The molecular formula is C16H10FN3O5. The lowest BCUT2D eigenvalue weighted by Gasteiger charge is -2.01. The van der Waals surface area contributed by atoms with Gasteiger partial charge in [0.1, 0.15) is 5.82 Å². The Hall–Kier alpha value is -3.62. The fraction of sp³-hybridized carbons (Fsp3) is 0.0625. The van der Waals surface area contributed by atoms with Gasteiger partial charge in [-0.15, -0.1) is 10.2 Å². The molecule has 3 rings (SSSR count). The molecule has 0 aliphatic carbocycles. The van der Waals surface area contributed by atoms with Crippen molar-refractivity contribution >= 4 is 11.7 Å². The third-order valence-electron chi connectivity index (χ3n) is 3.20. The number of nitrogens with zero attached hydrogens (tertiary/aromatic N) is 3. The summed E-state index contributed by atoms with van der Waals surface area (Å²) in [5.41, 5.74) is 0.627. The third kappa shape index (κ3) is 3.83. The van der Waals surface area contributed by atoms with E-state index in [9.17, 15) is 19.3 Å². The van der Waals surface area contributed by atoms with Crippen LogP contribution in [0.3, 0.4) is 0 Å². The second kappa shape index (κ2) is 6.87. The Balaban J connectivity index is 1.64. The minimum Gasteiger partial charge on any atom is -0.452 e. The van der Waals surface area contributed by atoms with E-state index in [2.05, 4.69) is 10.2 Å². The van der Waals surface area contributed by atoms with Crippen molar-refractivity contribution in [2.45, 2.75) is 6.61 Å². The lowest BCUT2D eigenvalue weighted by Crippen LogP contribution is -2.05. The number of ether oxygens (including phenoxy) is 1. The van der Waals surface area contributed by atoms with Crippen LogP contribution in [0.2, 0.25) is 0 Å². The Bertz CT molecular complexity index is 906. The molecule has 8 nitrogen and oxygen atoms in total. The molecule has 1 aromatic heterocycles. The number of rotatable bonds is 5. The van der Waals surface area contributed by atoms with E-state index in [0.717, 1.165) is 12.1 Å². The van der Waals surface area contributed by atoms with E-state index < -0.39 is 16.7 Å². The van der Waals surface area contributed by atoms with Crippen LogP contribution in [0.5, 0.6) is 0 Å². The molecule has 0 spiro atoms. The zero-order valence-corrected chi connectivity index (χ0v) is 12.6. The molecule has 0 aliphatic heterocycles. The van der Waals surface area contributed by atoms with Crippen LogP contribution < -0.4 is 0 Å². The maximum atomic E-state index is 12.8. The highest BCUT2D eigenvalue weighted by Crippen LogP contribution is 2.21. The Morgan fingerprint density at radius 1 is 1.12 bits per heavy atom. The van der Waals surface area contributed by atoms with Gasteiger partial charge in [0.2, 0.25) is 5.89 Å². The molecule has 0 radical (unpaired) electrons. The molecule has 0 atom stereocenters. The zero-order chi connectivity index (χ0) is 17.8. The van der Waals surface area contributed by atoms with E-state index in [-0.39, 0.29) is 29.6 Å². The summed E-state index contributed by atoms with van der Waals surface area (Å²) in [6.45, 7) is -0.254. The lowest BCUT2D eigenvalue weighted by atomic mass is 10.2. The quantitative estimate of drug-likeness (QED) is 0.398. The molecule has 0 saturated carbocycles. The number of nitro benzene ring substituents is 1. The van der Waals surface area contributed by atoms with Crippen LogP contribution >= 0.6 is 0 Å². The maximum Gasteiger partial charge on any atom is 0.338 e. The highest BCUT2D eigenvalue weighted by molar-refractivity contribution is 5.89. The van der Waals surface area contributed by atoms with Gasteiger partial charge in [-0.25, -0.2) is 9.18 Å². The first-order valence-corrected chi connectivity index (χ1v) is 7.03. The number of halogens is 1. The molecule has 0 fully saturated rings. The van der Waals surface area contributed by atoms with Gasteiger partial charge in [0.05, 0.1) is 10.5 Å². The monoisotopic (exact) mass is 343 g/mol. The number of non-ortho nitro benzene ring substituents is 1. The number of hydrogen-bond acceptors (Lipinski definition) is 7. The first-order chi connectivity index (χ1) is 12.0. The first kappa shape index (κ1) is 16.2. The van der Waals surface area contributed by atoms with Crippen molar-refractivity contribution in [3.8, 4) is 11.5 Å². The van der Waals surface area contributed by atoms with E-state index in [1.54, 1.807) is 0 Å². The number of nitro groups is 1. The predicted molar refractivity (Wildman–Crippen MR) is 81.9 cm³/mol. The SMILES string of the molecule is O=C(OCc1nnc(-c2ccc([N+](=O)[O-])cc2)o1)c1ccc(F)cc1. The second-order valence-corrected chi connectivity index (χ2v) is 4.89.